The molecule has 2 aliphatic heterocycles. The Morgan fingerprint density at radius 3 is 2.79 bits per heavy atom. The van der Waals surface area contributed by atoms with Crippen molar-refractivity contribution in [2.24, 2.45) is 7.05 Å². The zero-order valence-electron chi connectivity index (χ0n) is 15.1. The number of hydrogen-bond acceptors (Lipinski definition) is 4. The van der Waals surface area contributed by atoms with Crippen LogP contribution in [0.5, 0.6) is 0 Å². The molecule has 0 aromatic carbocycles. The summed E-state index contributed by atoms with van der Waals surface area (Å²) in [7, 11) is 2.02. The quantitative estimate of drug-likeness (QED) is 0.758. The van der Waals surface area contributed by atoms with Crippen molar-refractivity contribution in [2.45, 2.75) is 38.4 Å². The highest BCUT2D eigenvalue weighted by Gasteiger charge is 2.53. The lowest BCUT2D eigenvalue weighted by molar-refractivity contribution is -0.152. The van der Waals surface area contributed by atoms with Crippen molar-refractivity contribution in [3.05, 3.63) is 30.9 Å². The van der Waals surface area contributed by atoms with Crippen LogP contribution in [0, 0.1) is 0 Å². The maximum atomic E-state index is 13.3. The lowest BCUT2D eigenvalue weighted by Crippen LogP contribution is -2.68. The molecule has 6 heteroatoms. The third kappa shape index (κ3) is 2.89. The number of amides is 1. The molecule has 1 aromatic rings. The molecule has 2 aliphatic rings. The fourth-order valence-electron chi connectivity index (χ4n) is 4.05. The minimum absolute atomic E-state index is 0.254. The minimum Gasteiger partial charge on any atom is -0.337 e. The monoisotopic (exact) mass is 331 g/mol. The summed E-state index contributed by atoms with van der Waals surface area (Å²) >= 11 is 0. The zero-order valence-corrected chi connectivity index (χ0v) is 15.1. The average molecular weight is 331 g/mol. The Balaban J connectivity index is 1.80. The fourth-order valence-corrected chi connectivity index (χ4v) is 4.05. The van der Waals surface area contributed by atoms with Gasteiger partial charge in [-0.25, -0.2) is 4.98 Å². The normalized spacial score (nSPS) is 26.0. The van der Waals surface area contributed by atoms with E-state index >= 15 is 0 Å². The number of nitrogens with zero attached hydrogens (tertiary/aromatic N) is 5. The van der Waals surface area contributed by atoms with Gasteiger partial charge in [0.25, 0.3) is 0 Å². The number of rotatable bonds is 5. The van der Waals surface area contributed by atoms with Crippen molar-refractivity contribution in [2.75, 3.05) is 32.7 Å². The molecule has 0 aliphatic carbocycles. The van der Waals surface area contributed by atoms with Crippen LogP contribution in [0.4, 0.5) is 0 Å². The third-order valence-corrected chi connectivity index (χ3v) is 5.46. The summed E-state index contributed by atoms with van der Waals surface area (Å²) in [6.45, 7) is 13.1. The summed E-state index contributed by atoms with van der Waals surface area (Å²) in [5, 5.41) is 0. The first-order chi connectivity index (χ1) is 11.5. The molecule has 0 bridgehead atoms. The molecular weight excluding hydrogens is 302 g/mol. The van der Waals surface area contributed by atoms with E-state index in [1.807, 2.05) is 30.4 Å². The van der Waals surface area contributed by atoms with Crippen molar-refractivity contribution in [1.82, 2.24) is 24.3 Å². The number of imidazole rings is 1. The molecule has 24 heavy (non-hydrogen) atoms. The number of piperazine rings is 1. The Labute approximate surface area is 144 Å². The van der Waals surface area contributed by atoms with Gasteiger partial charge in [-0.15, -0.1) is 6.58 Å². The third-order valence-electron chi connectivity index (χ3n) is 5.46. The molecular formula is C18H29N5O. The number of aryl methyl sites for hydroxylation is 1. The molecule has 1 spiro atoms. The van der Waals surface area contributed by atoms with Crippen LogP contribution in [0.3, 0.4) is 0 Å². The molecule has 2 saturated heterocycles. The molecule has 132 valence electrons. The van der Waals surface area contributed by atoms with E-state index in [-0.39, 0.29) is 11.9 Å². The zero-order chi connectivity index (χ0) is 17.3. The second-order valence-electron chi connectivity index (χ2n) is 7.27. The van der Waals surface area contributed by atoms with Gasteiger partial charge in [0.1, 0.15) is 11.4 Å². The predicted octanol–water partition coefficient (Wildman–Crippen LogP) is 1.10. The van der Waals surface area contributed by atoms with Gasteiger partial charge in [-0.2, -0.15) is 0 Å². The lowest BCUT2D eigenvalue weighted by Gasteiger charge is -2.48. The Kier molecular flexibility index (Phi) is 4.78. The molecule has 3 rings (SSSR count). The van der Waals surface area contributed by atoms with Gasteiger partial charge in [-0.3, -0.25) is 14.6 Å². The molecule has 0 unspecified atom stereocenters. The van der Waals surface area contributed by atoms with Gasteiger partial charge in [-0.1, -0.05) is 6.08 Å². The second kappa shape index (κ2) is 6.69. The highest BCUT2D eigenvalue weighted by atomic mass is 16.2. The van der Waals surface area contributed by atoms with E-state index < -0.39 is 5.54 Å². The standard InChI is InChI=1S/C18H29N5O/c1-5-8-22-11-12-23(15(2)3)17(24)18(22)6-9-21(14-18)13-16-19-7-10-20(16)4/h5,7,10,15H,1,6,8-9,11-14H2,2-4H3/t18-/m0/s1. The Morgan fingerprint density at radius 2 is 2.17 bits per heavy atom. The van der Waals surface area contributed by atoms with E-state index in [0.29, 0.717) is 0 Å². The summed E-state index contributed by atoms with van der Waals surface area (Å²) in [4.78, 5) is 24.5. The molecule has 2 fully saturated rings. The first-order valence-corrected chi connectivity index (χ1v) is 8.83. The van der Waals surface area contributed by atoms with Crippen LogP contribution in [0.1, 0.15) is 26.1 Å². The first-order valence-electron chi connectivity index (χ1n) is 8.83. The van der Waals surface area contributed by atoms with Crippen LogP contribution >= 0.6 is 0 Å². The summed E-state index contributed by atoms with van der Waals surface area (Å²) in [5.74, 6) is 1.33. The van der Waals surface area contributed by atoms with Crippen LogP contribution in [0.25, 0.3) is 0 Å². The van der Waals surface area contributed by atoms with Gasteiger partial charge in [0.05, 0.1) is 6.54 Å². The Hall–Kier alpha value is -1.66. The summed E-state index contributed by atoms with van der Waals surface area (Å²) in [6, 6.07) is 0.254. The molecule has 1 atom stereocenters. The van der Waals surface area contributed by atoms with E-state index in [4.69, 9.17) is 0 Å². The maximum absolute atomic E-state index is 13.3. The van der Waals surface area contributed by atoms with E-state index in [2.05, 4.69) is 39.8 Å². The first kappa shape index (κ1) is 17.2. The highest BCUT2D eigenvalue weighted by Crippen LogP contribution is 2.34. The minimum atomic E-state index is -0.401. The van der Waals surface area contributed by atoms with Crippen molar-refractivity contribution in [3.8, 4) is 0 Å². The van der Waals surface area contributed by atoms with Gasteiger partial charge in [0.2, 0.25) is 5.91 Å². The van der Waals surface area contributed by atoms with E-state index in [0.717, 1.165) is 51.5 Å². The molecule has 6 nitrogen and oxygen atoms in total. The average Bonchev–Trinajstić information content (AvgIpc) is 3.13. The summed E-state index contributed by atoms with van der Waals surface area (Å²) in [6.07, 6.45) is 6.60. The van der Waals surface area contributed by atoms with Crippen LogP contribution in [0.2, 0.25) is 0 Å². The van der Waals surface area contributed by atoms with E-state index in [1.165, 1.54) is 0 Å². The number of aromatic nitrogens is 2. The van der Waals surface area contributed by atoms with Crippen LogP contribution in [0.15, 0.2) is 25.0 Å². The molecule has 0 saturated carbocycles. The van der Waals surface area contributed by atoms with Gasteiger partial charge < -0.3 is 9.47 Å². The summed E-state index contributed by atoms with van der Waals surface area (Å²) in [5.41, 5.74) is -0.401. The van der Waals surface area contributed by atoms with Gasteiger partial charge in [0.15, 0.2) is 0 Å². The van der Waals surface area contributed by atoms with Crippen LogP contribution < -0.4 is 0 Å². The predicted molar refractivity (Wildman–Crippen MR) is 94.5 cm³/mol. The Morgan fingerprint density at radius 1 is 1.38 bits per heavy atom. The molecule has 0 N–H and O–H groups in total. The fraction of sp³-hybridized carbons (Fsp3) is 0.667. The number of carbonyl (C=O) groups excluding carboxylic acids is 1. The van der Waals surface area contributed by atoms with E-state index in [9.17, 15) is 4.79 Å². The number of carbonyl (C=O) groups is 1. The topological polar surface area (TPSA) is 44.6 Å². The second-order valence-corrected chi connectivity index (χ2v) is 7.27. The summed E-state index contributed by atoms with van der Waals surface area (Å²) < 4.78 is 2.05. The SMILES string of the molecule is C=CCN1CCN(C(C)C)C(=O)[C@@]12CCN(Cc1nccn1C)C2. The van der Waals surface area contributed by atoms with Gasteiger partial charge in [0, 0.05) is 58.2 Å². The molecule has 1 amide bonds. The number of likely N-dealkylation sites (tertiary alicyclic amines) is 1. The molecule has 3 heterocycles. The van der Waals surface area contributed by atoms with Gasteiger partial charge in [-0.05, 0) is 20.3 Å². The van der Waals surface area contributed by atoms with Crippen LogP contribution in [-0.4, -0.2) is 74.5 Å². The smallest absolute Gasteiger partial charge is 0.244 e. The lowest BCUT2D eigenvalue weighted by atomic mass is 9.90. The molecule has 1 aromatic heterocycles. The maximum Gasteiger partial charge on any atom is 0.244 e. The van der Waals surface area contributed by atoms with E-state index in [1.54, 1.807) is 0 Å². The van der Waals surface area contributed by atoms with Crippen molar-refractivity contribution in [1.29, 1.82) is 0 Å². The largest absolute Gasteiger partial charge is 0.337 e. The Bertz CT molecular complexity index is 610. The number of hydrogen-bond donors (Lipinski definition) is 0. The highest BCUT2D eigenvalue weighted by molar-refractivity contribution is 5.88. The van der Waals surface area contributed by atoms with Crippen molar-refractivity contribution >= 4 is 5.91 Å². The molecule has 0 radical (unpaired) electrons. The van der Waals surface area contributed by atoms with Crippen molar-refractivity contribution in [3.63, 3.8) is 0 Å². The van der Waals surface area contributed by atoms with Gasteiger partial charge >= 0.3 is 0 Å². The van der Waals surface area contributed by atoms with Crippen LogP contribution in [-0.2, 0) is 18.4 Å². The van der Waals surface area contributed by atoms with Crippen molar-refractivity contribution < 1.29 is 4.79 Å².